The van der Waals surface area contributed by atoms with Crippen LogP contribution < -0.4 is 10.6 Å². The van der Waals surface area contributed by atoms with Crippen molar-refractivity contribution in [1.82, 2.24) is 15.5 Å². The van der Waals surface area contributed by atoms with Gasteiger partial charge >= 0.3 is 12.1 Å². The lowest BCUT2D eigenvalue weighted by molar-refractivity contribution is -0.158. The number of carboxylic acid groups (broad SMARTS) is 1. The summed E-state index contributed by atoms with van der Waals surface area (Å²) in [6.45, 7) is 8.09. The van der Waals surface area contributed by atoms with Crippen LogP contribution in [0.25, 0.3) is 11.1 Å². The lowest BCUT2D eigenvalue weighted by atomic mass is 9.68. The molecule has 4 atom stereocenters. The molecular formula is C28H34F3N3O5. The molecule has 1 aromatic heterocycles. The summed E-state index contributed by atoms with van der Waals surface area (Å²) in [5.74, 6) is -2.01. The zero-order chi connectivity index (χ0) is 28.8. The summed E-state index contributed by atoms with van der Waals surface area (Å²) in [4.78, 5) is 40.1. The predicted octanol–water partition coefficient (Wildman–Crippen LogP) is 4.70. The number of furan rings is 1. The van der Waals surface area contributed by atoms with Crippen LogP contribution in [0.4, 0.5) is 13.2 Å². The van der Waals surface area contributed by atoms with Crippen LogP contribution >= 0.6 is 0 Å². The first kappa shape index (κ1) is 28.7. The minimum Gasteiger partial charge on any atom is -0.481 e. The molecule has 2 aliphatic rings. The van der Waals surface area contributed by atoms with Crippen molar-refractivity contribution < 1.29 is 37.1 Å². The number of nitrogens with one attached hydrogen (secondary N) is 2. The third kappa shape index (κ3) is 6.13. The summed E-state index contributed by atoms with van der Waals surface area (Å²) >= 11 is 0. The van der Waals surface area contributed by atoms with E-state index in [1.807, 2.05) is 20.8 Å². The number of amides is 2. The number of rotatable bonds is 6. The Balaban J connectivity index is 1.42. The van der Waals surface area contributed by atoms with E-state index in [2.05, 4.69) is 10.6 Å². The van der Waals surface area contributed by atoms with Gasteiger partial charge in [-0.05, 0) is 77.1 Å². The van der Waals surface area contributed by atoms with E-state index in [-0.39, 0.29) is 23.2 Å². The number of halogens is 3. The number of benzene rings is 1. The number of alkyl halides is 3. The van der Waals surface area contributed by atoms with Gasteiger partial charge in [0.25, 0.3) is 5.91 Å². The highest BCUT2D eigenvalue weighted by Gasteiger charge is 2.52. The normalized spacial score (nSPS) is 26.1. The van der Waals surface area contributed by atoms with Crippen LogP contribution in [0.2, 0.25) is 0 Å². The highest BCUT2D eigenvalue weighted by molar-refractivity contribution is 5.97. The van der Waals surface area contributed by atoms with E-state index in [0.29, 0.717) is 36.9 Å². The maximum atomic E-state index is 13.3. The Morgan fingerprint density at radius 2 is 1.74 bits per heavy atom. The second-order valence-electron chi connectivity index (χ2n) is 11.7. The van der Waals surface area contributed by atoms with Gasteiger partial charge in [0.15, 0.2) is 5.76 Å². The highest BCUT2D eigenvalue weighted by Crippen LogP contribution is 2.41. The minimum absolute atomic E-state index is 0.00775. The number of carbonyl (C=O) groups excluding carboxylic acids is 2. The van der Waals surface area contributed by atoms with Crippen molar-refractivity contribution in [3.05, 3.63) is 47.9 Å². The Hall–Kier alpha value is -3.34. The van der Waals surface area contributed by atoms with Gasteiger partial charge in [0.2, 0.25) is 5.91 Å². The van der Waals surface area contributed by atoms with Gasteiger partial charge in [-0.1, -0.05) is 12.1 Å². The summed E-state index contributed by atoms with van der Waals surface area (Å²) in [5, 5.41) is 16.3. The van der Waals surface area contributed by atoms with E-state index in [1.54, 1.807) is 11.8 Å². The third-order valence-corrected chi connectivity index (χ3v) is 7.61. The van der Waals surface area contributed by atoms with Gasteiger partial charge in [0.05, 0.1) is 17.2 Å². The number of aliphatic carboxylic acids is 1. The van der Waals surface area contributed by atoms with Crippen molar-refractivity contribution in [2.75, 3.05) is 6.54 Å². The monoisotopic (exact) mass is 549 g/mol. The Bertz CT molecular complexity index is 1230. The molecule has 1 saturated heterocycles. The Morgan fingerprint density at radius 1 is 1.08 bits per heavy atom. The molecule has 1 aromatic carbocycles. The van der Waals surface area contributed by atoms with Crippen LogP contribution in [-0.2, 0) is 15.8 Å². The van der Waals surface area contributed by atoms with Crippen molar-refractivity contribution in [2.24, 2.45) is 5.41 Å². The largest absolute Gasteiger partial charge is 0.481 e. The van der Waals surface area contributed by atoms with E-state index in [1.165, 1.54) is 24.5 Å². The van der Waals surface area contributed by atoms with E-state index in [9.17, 15) is 32.7 Å². The summed E-state index contributed by atoms with van der Waals surface area (Å²) in [6, 6.07) is 4.56. The molecule has 3 N–H and O–H groups in total. The number of hydrogen-bond donors (Lipinski definition) is 3. The van der Waals surface area contributed by atoms with Crippen LogP contribution in [-0.4, -0.2) is 58.0 Å². The SMILES string of the molecule is CC(C)(C)NC1CCC(N2CC[C@H](NC(=O)c3cc(-c4ccc(C(F)(F)F)cc4)co3)C2=O)C(C)(C(=O)O)C1. The van der Waals surface area contributed by atoms with Gasteiger partial charge in [-0.2, -0.15) is 13.2 Å². The first-order chi connectivity index (χ1) is 18.1. The Labute approximate surface area is 224 Å². The molecular weight excluding hydrogens is 515 g/mol. The molecule has 0 spiro atoms. The average Bonchev–Trinajstić information content (AvgIpc) is 3.46. The van der Waals surface area contributed by atoms with Crippen LogP contribution in [0.5, 0.6) is 0 Å². The molecule has 8 nitrogen and oxygen atoms in total. The van der Waals surface area contributed by atoms with Crippen molar-refractivity contribution in [3.8, 4) is 11.1 Å². The van der Waals surface area contributed by atoms with Crippen LogP contribution in [0.3, 0.4) is 0 Å². The highest BCUT2D eigenvalue weighted by atomic mass is 19.4. The van der Waals surface area contributed by atoms with Gasteiger partial charge in [-0.25, -0.2) is 0 Å². The number of carbonyl (C=O) groups is 3. The van der Waals surface area contributed by atoms with Gasteiger partial charge < -0.3 is 25.1 Å². The van der Waals surface area contributed by atoms with Crippen molar-refractivity contribution in [1.29, 1.82) is 0 Å². The quantitative estimate of drug-likeness (QED) is 0.482. The predicted molar refractivity (Wildman–Crippen MR) is 137 cm³/mol. The lowest BCUT2D eigenvalue weighted by Gasteiger charge is -2.47. The Morgan fingerprint density at radius 3 is 2.33 bits per heavy atom. The molecule has 39 heavy (non-hydrogen) atoms. The number of carboxylic acids is 1. The number of likely N-dealkylation sites (tertiary alicyclic amines) is 1. The molecule has 1 saturated carbocycles. The second kappa shape index (κ2) is 10.3. The molecule has 2 fully saturated rings. The standard InChI is InChI=1S/C28H34F3N3O5/c1-26(2,3)33-19-9-10-22(27(4,14-19)25(37)38)34-12-11-20(24(34)36)32-23(35)21-13-17(15-39-21)16-5-7-18(8-6-16)28(29,30)31/h5-8,13,15,19-20,22,33H,9-12,14H2,1-4H3,(H,32,35)(H,37,38)/t19?,20-,22?,27?/m0/s1. The first-order valence-corrected chi connectivity index (χ1v) is 13.0. The van der Waals surface area contributed by atoms with E-state index in [4.69, 9.17) is 4.42 Å². The fourth-order valence-electron chi connectivity index (χ4n) is 5.73. The fourth-order valence-corrected chi connectivity index (χ4v) is 5.73. The summed E-state index contributed by atoms with van der Waals surface area (Å²) in [6.07, 6.45) is -1.23. The van der Waals surface area contributed by atoms with Crippen molar-refractivity contribution in [2.45, 2.75) is 83.2 Å². The molecule has 1 aliphatic carbocycles. The zero-order valence-electron chi connectivity index (χ0n) is 22.4. The first-order valence-electron chi connectivity index (χ1n) is 13.0. The zero-order valence-corrected chi connectivity index (χ0v) is 22.4. The van der Waals surface area contributed by atoms with Gasteiger partial charge in [0, 0.05) is 29.7 Å². The van der Waals surface area contributed by atoms with Gasteiger partial charge in [-0.3, -0.25) is 14.4 Å². The maximum absolute atomic E-state index is 13.3. The van der Waals surface area contributed by atoms with Crippen LogP contribution in [0, 0.1) is 5.41 Å². The van der Waals surface area contributed by atoms with Crippen molar-refractivity contribution in [3.63, 3.8) is 0 Å². The second-order valence-corrected chi connectivity index (χ2v) is 11.7. The van der Waals surface area contributed by atoms with Crippen LogP contribution in [0.1, 0.15) is 69.5 Å². The lowest BCUT2D eigenvalue weighted by Crippen LogP contribution is -2.59. The topological polar surface area (TPSA) is 112 Å². The Kier molecular flexibility index (Phi) is 7.59. The van der Waals surface area contributed by atoms with E-state index < -0.39 is 41.1 Å². The molecule has 3 unspecified atom stereocenters. The molecule has 0 bridgehead atoms. The summed E-state index contributed by atoms with van der Waals surface area (Å²) in [5.41, 5.74) is -1.24. The molecule has 4 rings (SSSR count). The molecule has 1 aliphatic heterocycles. The van der Waals surface area contributed by atoms with E-state index in [0.717, 1.165) is 18.6 Å². The molecule has 212 valence electrons. The van der Waals surface area contributed by atoms with Gasteiger partial charge in [-0.15, -0.1) is 0 Å². The molecule has 2 amide bonds. The number of hydrogen-bond acceptors (Lipinski definition) is 5. The third-order valence-electron chi connectivity index (χ3n) is 7.61. The minimum atomic E-state index is -4.45. The molecule has 2 aromatic rings. The smallest absolute Gasteiger partial charge is 0.416 e. The van der Waals surface area contributed by atoms with E-state index >= 15 is 0 Å². The summed E-state index contributed by atoms with van der Waals surface area (Å²) in [7, 11) is 0. The molecule has 0 radical (unpaired) electrons. The molecule has 2 heterocycles. The maximum Gasteiger partial charge on any atom is 0.416 e. The number of nitrogens with zero attached hydrogens (tertiary/aromatic N) is 1. The fraction of sp³-hybridized carbons (Fsp3) is 0.536. The van der Waals surface area contributed by atoms with Crippen LogP contribution in [0.15, 0.2) is 41.0 Å². The molecule has 11 heteroatoms. The van der Waals surface area contributed by atoms with Gasteiger partial charge in [0.1, 0.15) is 6.04 Å². The average molecular weight is 550 g/mol. The summed E-state index contributed by atoms with van der Waals surface area (Å²) < 4.78 is 43.8. The van der Waals surface area contributed by atoms with Crippen molar-refractivity contribution >= 4 is 17.8 Å².